The van der Waals surface area contributed by atoms with Gasteiger partial charge in [0.2, 0.25) is 21.7 Å². The molecule has 4 rings (SSSR count). The number of benzene rings is 2. The van der Waals surface area contributed by atoms with Crippen molar-refractivity contribution in [3.05, 3.63) is 99.4 Å². The molecule has 0 saturated heterocycles. The zero-order valence-corrected chi connectivity index (χ0v) is 23.7. The van der Waals surface area contributed by atoms with E-state index in [1.165, 1.54) is 26.2 Å². The Kier molecular flexibility index (Phi) is 9.11. The maximum Gasteiger partial charge on any atom is 0.296 e. The number of pyridine rings is 1. The van der Waals surface area contributed by atoms with Gasteiger partial charge in [0.1, 0.15) is 18.2 Å². The van der Waals surface area contributed by atoms with Crippen LogP contribution in [0, 0.1) is 30.0 Å². The van der Waals surface area contributed by atoms with E-state index in [0.29, 0.717) is 17.2 Å². The van der Waals surface area contributed by atoms with E-state index in [-0.39, 0.29) is 42.5 Å². The van der Waals surface area contributed by atoms with Crippen LogP contribution in [0.5, 0.6) is 5.88 Å². The molecule has 2 heterocycles. The highest BCUT2D eigenvalue weighted by Gasteiger charge is 2.33. The number of hydrogen-bond donors (Lipinski definition) is 1. The summed E-state index contributed by atoms with van der Waals surface area (Å²) in [4.78, 5) is 19.0. The Balaban J connectivity index is 1.92. The molecule has 0 unspecified atom stereocenters. The molecule has 42 heavy (non-hydrogen) atoms. The van der Waals surface area contributed by atoms with E-state index < -0.39 is 48.9 Å². The molecule has 1 N–H and O–H groups in total. The van der Waals surface area contributed by atoms with Crippen LogP contribution in [-0.2, 0) is 25.9 Å². The predicted octanol–water partition coefficient (Wildman–Crippen LogP) is 4.07. The summed E-state index contributed by atoms with van der Waals surface area (Å²) in [6, 6.07) is 12.7. The van der Waals surface area contributed by atoms with Gasteiger partial charge in [0, 0.05) is 30.5 Å². The van der Waals surface area contributed by atoms with Crippen LogP contribution in [0.25, 0.3) is 11.1 Å². The number of ether oxygens (including phenoxy) is 2. The van der Waals surface area contributed by atoms with Crippen LogP contribution in [0.2, 0.25) is 0 Å². The molecule has 13 heteroatoms. The number of hydrogen-bond acceptors (Lipinski definition) is 9. The third-order valence-corrected chi connectivity index (χ3v) is 8.24. The predicted molar refractivity (Wildman–Crippen MR) is 146 cm³/mol. The fraction of sp³-hybridized carbons (Fsp3) is 0.241. The van der Waals surface area contributed by atoms with Crippen molar-refractivity contribution < 1.29 is 31.8 Å². The molecule has 218 valence electrons. The number of nitriles is 1. The molecule has 0 bridgehead atoms. The summed E-state index contributed by atoms with van der Waals surface area (Å²) in [5.74, 6) is -2.78. The number of methoxy groups -OCH3 is 1. The van der Waals surface area contributed by atoms with Crippen LogP contribution in [0.4, 0.5) is 8.78 Å². The van der Waals surface area contributed by atoms with Gasteiger partial charge in [-0.25, -0.2) is 17.8 Å². The van der Waals surface area contributed by atoms with Gasteiger partial charge >= 0.3 is 0 Å². The molecular weight excluding hydrogens is 570 g/mol. The second kappa shape index (κ2) is 12.6. The fourth-order valence-electron chi connectivity index (χ4n) is 4.51. The molecule has 0 fully saturated rings. The molecule has 0 aliphatic heterocycles. The molecule has 0 aliphatic carbocycles. The fourth-order valence-corrected chi connectivity index (χ4v) is 5.87. The Bertz CT molecular complexity index is 1850. The lowest BCUT2D eigenvalue weighted by Crippen LogP contribution is -2.29. The highest BCUT2D eigenvalue weighted by atomic mass is 32.2. The van der Waals surface area contributed by atoms with Gasteiger partial charge in [0.05, 0.1) is 29.2 Å². The number of aryl methyl sites for hydroxylation is 1. The first-order valence-electron chi connectivity index (χ1n) is 12.6. The lowest BCUT2D eigenvalue weighted by molar-refractivity contribution is 0.114. The summed E-state index contributed by atoms with van der Waals surface area (Å²) >= 11 is 0. The minimum absolute atomic E-state index is 0.0386. The lowest BCUT2D eigenvalue weighted by Gasteiger charge is -2.25. The molecule has 0 saturated carbocycles. The number of aromatic nitrogens is 3. The van der Waals surface area contributed by atoms with Gasteiger partial charge in [0.25, 0.3) is 5.56 Å². The summed E-state index contributed by atoms with van der Waals surface area (Å²) in [7, 11) is -3.45. The van der Waals surface area contributed by atoms with Gasteiger partial charge in [-0.05, 0) is 55.8 Å². The van der Waals surface area contributed by atoms with E-state index in [2.05, 4.69) is 9.97 Å². The highest BCUT2D eigenvalue weighted by molar-refractivity contribution is 7.91. The van der Waals surface area contributed by atoms with Gasteiger partial charge < -0.3 is 14.6 Å². The maximum atomic E-state index is 15.3. The SMILES string of the molecule is CCOCc1nc(=O)c(S(=O)(=O)c2ccc(-c3ccc(F)nc3C)c(F)c2)c(O)n1[C@@H](COC)c1cccc(C#N)c1. The van der Waals surface area contributed by atoms with Crippen molar-refractivity contribution in [2.45, 2.75) is 36.3 Å². The molecule has 0 amide bonds. The topological polar surface area (TPSA) is 144 Å². The molecule has 0 aliphatic rings. The molecule has 2 aromatic carbocycles. The van der Waals surface area contributed by atoms with E-state index in [9.17, 15) is 28.0 Å². The molecule has 1 atom stereocenters. The first-order valence-corrected chi connectivity index (χ1v) is 14.1. The first kappa shape index (κ1) is 30.4. The molecule has 10 nitrogen and oxygen atoms in total. The van der Waals surface area contributed by atoms with Crippen molar-refractivity contribution in [3.63, 3.8) is 0 Å². The van der Waals surface area contributed by atoms with Gasteiger partial charge in [-0.3, -0.25) is 9.36 Å². The minimum atomic E-state index is -4.84. The zero-order valence-electron chi connectivity index (χ0n) is 22.8. The smallest absolute Gasteiger partial charge is 0.296 e. The largest absolute Gasteiger partial charge is 0.493 e. The van der Waals surface area contributed by atoms with E-state index in [0.717, 1.165) is 22.8 Å². The molecular formula is C29H26F2N4O6S. The number of nitrogens with zero attached hydrogens (tertiary/aromatic N) is 4. The van der Waals surface area contributed by atoms with Crippen molar-refractivity contribution in [2.75, 3.05) is 20.3 Å². The Hall–Kier alpha value is -4.51. The third-order valence-electron chi connectivity index (χ3n) is 6.47. The number of rotatable bonds is 10. The normalized spacial score (nSPS) is 12.2. The average Bonchev–Trinajstić information content (AvgIpc) is 2.95. The van der Waals surface area contributed by atoms with Crippen molar-refractivity contribution in [2.24, 2.45) is 0 Å². The average molecular weight is 597 g/mol. The third kappa shape index (κ3) is 5.91. The van der Waals surface area contributed by atoms with Crippen LogP contribution < -0.4 is 5.56 Å². The minimum Gasteiger partial charge on any atom is -0.493 e. The number of halogens is 2. The summed E-state index contributed by atoms with van der Waals surface area (Å²) in [5.41, 5.74) is -0.137. The summed E-state index contributed by atoms with van der Waals surface area (Å²) in [6.45, 7) is 3.03. The Morgan fingerprint density at radius 1 is 1.10 bits per heavy atom. The van der Waals surface area contributed by atoms with E-state index in [1.54, 1.807) is 25.1 Å². The Labute approximate surface area is 240 Å². The lowest BCUT2D eigenvalue weighted by atomic mass is 10.0. The zero-order chi connectivity index (χ0) is 30.6. The van der Waals surface area contributed by atoms with Crippen molar-refractivity contribution in [1.82, 2.24) is 14.5 Å². The standard InChI is InChI=1S/C29H26F2N4O6S/c1-4-41-16-26-34-28(36)27(29(37)35(26)24(15-40-3)19-7-5-6-18(12-19)14-32)42(38,39)20-8-9-22(23(30)13-20)21-10-11-25(31)33-17(21)2/h5-13,24,37H,4,15-16H2,1-3H3/t24-/m0/s1. The molecule has 0 radical (unpaired) electrons. The highest BCUT2D eigenvalue weighted by Crippen LogP contribution is 2.34. The van der Waals surface area contributed by atoms with Gasteiger partial charge in [-0.2, -0.15) is 14.6 Å². The van der Waals surface area contributed by atoms with E-state index >= 15 is 4.39 Å². The maximum absolute atomic E-state index is 15.3. The quantitative estimate of drug-likeness (QED) is 0.268. The van der Waals surface area contributed by atoms with E-state index in [4.69, 9.17) is 9.47 Å². The molecule has 2 aromatic heterocycles. The van der Waals surface area contributed by atoms with Crippen LogP contribution in [0.1, 0.15) is 35.6 Å². The van der Waals surface area contributed by atoms with Crippen molar-refractivity contribution in [1.29, 1.82) is 5.26 Å². The molecule has 4 aromatic rings. The van der Waals surface area contributed by atoms with Gasteiger partial charge in [-0.1, -0.05) is 18.2 Å². The Morgan fingerprint density at radius 2 is 1.83 bits per heavy atom. The summed E-state index contributed by atoms with van der Waals surface area (Å²) < 4.78 is 68.0. The number of aromatic hydroxyl groups is 1. The van der Waals surface area contributed by atoms with Crippen molar-refractivity contribution >= 4 is 9.84 Å². The van der Waals surface area contributed by atoms with Gasteiger partial charge in [-0.15, -0.1) is 0 Å². The van der Waals surface area contributed by atoms with Crippen LogP contribution in [-0.4, -0.2) is 48.4 Å². The number of sulfone groups is 1. The first-order chi connectivity index (χ1) is 20.0. The molecule has 0 spiro atoms. The van der Waals surface area contributed by atoms with Gasteiger partial charge in [0.15, 0.2) is 4.90 Å². The van der Waals surface area contributed by atoms with Crippen molar-refractivity contribution in [3.8, 4) is 23.1 Å². The second-order valence-corrected chi connectivity index (χ2v) is 11.0. The monoisotopic (exact) mass is 596 g/mol. The van der Waals surface area contributed by atoms with Crippen LogP contribution in [0.15, 0.2) is 69.2 Å². The Morgan fingerprint density at radius 3 is 2.48 bits per heavy atom. The summed E-state index contributed by atoms with van der Waals surface area (Å²) in [5, 5.41) is 20.8. The second-order valence-electron chi connectivity index (χ2n) is 9.11. The van der Waals surface area contributed by atoms with Crippen LogP contribution in [0.3, 0.4) is 0 Å². The van der Waals surface area contributed by atoms with Crippen LogP contribution >= 0.6 is 0 Å². The summed E-state index contributed by atoms with van der Waals surface area (Å²) in [6.07, 6.45) is 0. The van der Waals surface area contributed by atoms with E-state index in [1.807, 2.05) is 6.07 Å².